The van der Waals surface area contributed by atoms with Gasteiger partial charge in [0.05, 0.1) is 7.11 Å². The van der Waals surface area contributed by atoms with E-state index in [-0.39, 0.29) is 18.6 Å². The molecule has 1 aliphatic rings. The predicted octanol–water partition coefficient (Wildman–Crippen LogP) is 1.33. The first-order chi connectivity index (χ1) is 9.69. The zero-order valence-electron chi connectivity index (χ0n) is 12.0. The molecule has 1 aromatic carbocycles. The molecule has 20 heavy (non-hydrogen) atoms. The Hall–Kier alpha value is -1.75. The first-order valence-electron chi connectivity index (χ1n) is 6.97. The van der Waals surface area contributed by atoms with Crippen LogP contribution >= 0.6 is 0 Å². The van der Waals surface area contributed by atoms with E-state index in [9.17, 15) is 4.79 Å². The number of amides is 1. The average molecular weight is 278 g/mol. The largest absolute Gasteiger partial charge is 0.493 e. The first-order valence-corrected chi connectivity index (χ1v) is 6.97. The van der Waals surface area contributed by atoms with Crippen LogP contribution in [0.3, 0.4) is 0 Å². The molecule has 0 bridgehead atoms. The van der Waals surface area contributed by atoms with Crippen LogP contribution in [-0.4, -0.2) is 38.3 Å². The smallest absolute Gasteiger partial charge is 0.258 e. The second-order valence-electron chi connectivity index (χ2n) is 5.08. The van der Waals surface area contributed by atoms with Crippen LogP contribution in [0.15, 0.2) is 24.3 Å². The highest BCUT2D eigenvalue weighted by Gasteiger charge is 2.20. The van der Waals surface area contributed by atoms with E-state index in [1.807, 2.05) is 18.2 Å². The van der Waals surface area contributed by atoms with Crippen LogP contribution in [0, 0.1) is 0 Å². The maximum Gasteiger partial charge on any atom is 0.258 e. The first kappa shape index (κ1) is 14.7. The summed E-state index contributed by atoms with van der Waals surface area (Å²) < 4.78 is 10.7. The molecule has 5 nitrogen and oxygen atoms in total. The van der Waals surface area contributed by atoms with Gasteiger partial charge in [-0.15, -0.1) is 0 Å². The van der Waals surface area contributed by atoms with Crippen molar-refractivity contribution in [3.05, 3.63) is 24.3 Å². The van der Waals surface area contributed by atoms with Gasteiger partial charge in [-0.3, -0.25) is 4.79 Å². The van der Waals surface area contributed by atoms with Crippen molar-refractivity contribution in [3.63, 3.8) is 0 Å². The highest BCUT2D eigenvalue weighted by molar-refractivity contribution is 5.78. The fraction of sp³-hybridized carbons (Fsp3) is 0.533. The number of para-hydroxylation sites is 2. The molecular weight excluding hydrogens is 256 g/mol. The summed E-state index contributed by atoms with van der Waals surface area (Å²) in [7, 11) is 1.58. The highest BCUT2D eigenvalue weighted by atomic mass is 16.5. The van der Waals surface area contributed by atoms with Gasteiger partial charge < -0.3 is 20.1 Å². The maximum atomic E-state index is 11.9. The van der Waals surface area contributed by atoms with Crippen molar-refractivity contribution < 1.29 is 14.3 Å². The molecule has 1 aliphatic heterocycles. The van der Waals surface area contributed by atoms with Crippen LogP contribution < -0.4 is 20.1 Å². The third kappa shape index (κ3) is 4.13. The Morgan fingerprint density at radius 3 is 2.85 bits per heavy atom. The number of carbonyl (C=O) groups excluding carboxylic acids is 1. The number of hydrogen-bond acceptors (Lipinski definition) is 4. The van der Waals surface area contributed by atoms with Gasteiger partial charge in [-0.2, -0.15) is 0 Å². The minimum atomic E-state index is -0.0880. The van der Waals surface area contributed by atoms with Crippen molar-refractivity contribution in [2.45, 2.75) is 31.8 Å². The van der Waals surface area contributed by atoms with Gasteiger partial charge in [0.15, 0.2) is 18.1 Å². The lowest BCUT2D eigenvalue weighted by molar-refractivity contribution is -0.124. The van der Waals surface area contributed by atoms with E-state index >= 15 is 0 Å². The molecule has 0 aliphatic carbocycles. The van der Waals surface area contributed by atoms with E-state index in [2.05, 4.69) is 17.6 Å². The second-order valence-corrected chi connectivity index (χ2v) is 5.08. The van der Waals surface area contributed by atoms with Gasteiger partial charge in [0.1, 0.15) is 0 Å². The molecule has 5 heteroatoms. The normalized spacial score (nSPS) is 22.1. The topological polar surface area (TPSA) is 59.6 Å². The van der Waals surface area contributed by atoms with Gasteiger partial charge in [0.25, 0.3) is 5.91 Å². The fourth-order valence-electron chi connectivity index (χ4n) is 2.41. The van der Waals surface area contributed by atoms with E-state index in [4.69, 9.17) is 9.47 Å². The second kappa shape index (κ2) is 7.14. The summed E-state index contributed by atoms with van der Waals surface area (Å²) >= 11 is 0. The molecule has 1 saturated heterocycles. The van der Waals surface area contributed by atoms with Gasteiger partial charge in [-0.1, -0.05) is 12.1 Å². The minimum absolute atomic E-state index is 0.0126. The van der Waals surface area contributed by atoms with Crippen LogP contribution in [-0.2, 0) is 4.79 Å². The Balaban J connectivity index is 1.80. The number of methoxy groups -OCH3 is 1. The average Bonchev–Trinajstić information content (AvgIpc) is 2.45. The van der Waals surface area contributed by atoms with Gasteiger partial charge in [0, 0.05) is 12.1 Å². The molecule has 2 unspecified atom stereocenters. The van der Waals surface area contributed by atoms with Crippen molar-refractivity contribution in [2.24, 2.45) is 0 Å². The number of carbonyl (C=O) groups is 1. The molecule has 0 spiro atoms. The predicted molar refractivity (Wildman–Crippen MR) is 77.1 cm³/mol. The summed E-state index contributed by atoms with van der Waals surface area (Å²) in [6, 6.07) is 8.00. The Kier molecular flexibility index (Phi) is 5.24. The highest BCUT2D eigenvalue weighted by Crippen LogP contribution is 2.25. The Labute approximate surface area is 119 Å². The van der Waals surface area contributed by atoms with Gasteiger partial charge >= 0.3 is 0 Å². The molecule has 1 heterocycles. The number of piperidine rings is 1. The summed E-state index contributed by atoms with van der Waals surface area (Å²) in [6.45, 7) is 3.09. The molecular formula is C15H22N2O3. The maximum absolute atomic E-state index is 11.9. The Bertz CT molecular complexity index is 450. The van der Waals surface area contributed by atoms with Crippen LogP contribution in [0.1, 0.15) is 19.8 Å². The third-order valence-corrected chi connectivity index (χ3v) is 3.42. The number of benzene rings is 1. The molecule has 2 rings (SSSR count). The van der Waals surface area contributed by atoms with E-state index in [0.717, 1.165) is 19.4 Å². The van der Waals surface area contributed by atoms with Gasteiger partial charge in [0.2, 0.25) is 0 Å². The Morgan fingerprint density at radius 2 is 2.15 bits per heavy atom. The van der Waals surface area contributed by atoms with Crippen molar-refractivity contribution >= 4 is 5.91 Å². The van der Waals surface area contributed by atoms with Crippen LogP contribution in [0.25, 0.3) is 0 Å². The molecule has 0 aromatic heterocycles. The molecule has 1 amide bonds. The monoisotopic (exact) mass is 278 g/mol. The van der Waals surface area contributed by atoms with Gasteiger partial charge in [-0.05, 0) is 38.4 Å². The molecule has 110 valence electrons. The third-order valence-electron chi connectivity index (χ3n) is 3.42. The van der Waals surface area contributed by atoms with Crippen molar-refractivity contribution in [2.75, 3.05) is 20.3 Å². The van der Waals surface area contributed by atoms with Crippen LogP contribution in [0.2, 0.25) is 0 Å². The quantitative estimate of drug-likeness (QED) is 0.853. The zero-order valence-corrected chi connectivity index (χ0v) is 12.0. The van der Waals surface area contributed by atoms with Crippen LogP contribution in [0.4, 0.5) is 0 Å². The van der Waals surface area contributed by atoms with Crippen LogP contribution in [0.5, 0.6) is 11.5 Å². The van der Waals surface area contributed by atoms with E-state index in [1.54, 1.807) is 13.2 Å². The molecule has 1 fully saturated rings. The minimum Gasteiger partial charge on any atom is -0.493 e. The van der Waals surface area contributed by atoms with Crippen molar-refractivity contribution in [1.82, 2.24) is 10.6 Å². The number of hydrogen-bond donors (Lipinski definition) is 2. The molecule has 0 saturated carbocycles. The Morgan fingerprint density at radius 1 is 1.40 bits per heavy atom. The lowest BCUT2D eigenvalue weighted by Crippen LogP contribution is -2.47. The van der Waals surface area contributed by atoms with E-state index in [1.165, 1.54) is 0 Å². The number of rotatable bonds is 5. The lowest BCUT2D eigenvalue weighted by Gasteiger charge is -2.28. The SMILES string of the molecule is COc1ccccc1OCC(=O)NC1CCNC(C)C1. The van der Waals surface area contributed by atoms with Crippen molar-refractivity contribution in [1.29, 1.82) is 0 Å². The van der Waals surface area contributed by atoms with E-state index < -0.39 is 0 Å². The lowest BCUT2D eigenvalue weighted by atomic mass is 10.0. The fourth-order valence-corrected chi connectivity index (χ4v) is 2.41. The van der Waals surface area contributed by atoms with Crippen molar-refractivity contribution in [3.8, 4) is 11.5 Å². The summed E-state index contributed by atoms with van der Waals surface area (Å²) in [4.78, 5) is 11.9. The zero-order chi connectivity index (χ0) is 14.4. The summed E-state index contributed by atoms with van der Waals surface area (Å²) in [5.41, 5.74) is 0. The summed E-state index contributed by atoms with van der Waals surface area (Å²) in [5, 5.41) is 6.37. The van der Waals surface area contributed by atoms with E-state index in [0.29, 0.717) is 17.5 Å². The standard InChI is InChI=1S/C15H22N2O3/c1-11-9-12(7-8-16-11)17-15(18)10-20-14-6-4-3-5-13(14)19-2/h3-6,11-12,16H,7-10H2,1-2H3,(H,17,18). The number of ether oxygens (including phenoxy) is 2. The number of nitrogens with one attached hydrogen (secondary N) is 2. The molecule has 0 radical (unpaired) electrons. The molecule has 2 N–H and O–H groups in total. The van der Waals surface area contributed by atoms with Gasteiger partial charge in [-0.25, -0.2) is 0 Å². The molecule has 2 atom stereocenters. The summed E-state index contributed by atoms with van der Waals surface area (Å²) in [5.74, 6) is 1.13. The molecule has 1 aromatic rings. The summed E-state index contributed by atoms with van der Waals surface area (Å²) in [6.07, 6.45) is 1.92.